The summed E-state index contributed by atoms with van der Waals surface area (Å²) in [5.74, 6) is 0.555. The molecule has 0 aromatic carbocycles. The third kappa shape index (κ3) is 1.56. The Bertz CT molecular complexity index is 440. The number of nitrogens with two attached hydrogens (primary N) is 1. The van der Waals surface area contributed by atoms with Gasteiger partial charge in [-0.15, -0.1) is 0 Å². The van der Waals surface area contributed by atoms with Crippen molar-refractivity contribution in [2.24, 2.45) is 0 Å². The third-order valence-corrected chi connectivity index (χ3v) is 1.78. The molecule has 0 unspecified atom stereocenters. The second-order valence-corrected chi connectivity index (χ2v) is 3.17. The van der Waals surface area contributed by atoms with Crippen molar-refractivity contribution in [2.75, 3.05) is 5.73 Å². The van der Waals surface area contributed by atoms with Crippen LogP contribution in [0.25, 0.3) is 5.95 Å². The highest BCUT2D eigenvalue weighted by Crippen LogP contribution is 2.06. The minimum atomic E-state index is 0.555. The summed E-state index contributed by atoms with van der Waals surface area (Å²) in [5, 5.41) is 4.03. The zero-order valence-electron chi connectivity index (χ0n) is 8.10. The van der Waals surface area contributed by atoms with Crippen LogP contribution in [0, 0.1) is 13.8 Å². The van der Waals surface area contributed by atoms with Crippen molar-refractivity contribution in [1.82, 2.24) is 19.7 Å². The minimum absolute atomic E-state index is 0.555. The number of nitrogen functional groups attached to an aromatic ring is 1. The summed E-state index contributed by atoms with van der Waals surface area (Å²) in [5.41, 5.74) is 7.99. The topological polar surface area (TPSA) is 69.6 Å². The van der Waals surface area contributed by atoms with Crippen LogP contribution >= 0.6 is 0 Å². The maximum atomic E-state index is 5.55. The molecule has 0 aliphatic carbocycles. The van der Waals surface area contributed by atoms with Crippen LogP contribution in [-0.2, 0) is 0 Å². The Morgan fingerprint density at radius 3 is 2.36 bits per heavy atom. The molecule has 0 spiro atoms. The van der Waals surface area contributed by atoms with Gasteiger partial charge < -0.3 is 5.73 Å². The van der Waals surface area contributed by atoms with Crippen molar-refractivity contribution in [3.63, 3.8) is 0 Å². The Morgan fingerprint density at radius 2 is 1.86 bits per heavy atom. The Kier molecular flexibility index (Phi) is 1.92. The van der Waals surface area contributed by atoms with Gasteiger partial charge in [0, 0.05) is 11.4 Å². The lowest BCUT2D eigenvalue weighted by Gasteiger charge is -2.01. The number of rotatable bonds is 1. The number of hydrogen-bond donors (Lipinski definition) is 1. The van der Waals surface area contributed by atoms with Crippen LogP contribution in [0.1, 0.15) is 11.4 Å². The molecule has 0 aliphatic rings. The summed E-state index contributed by atoms with van der Waals surface area (Å²) >= 11 is 0. The predicted octanol–water partition coefficient (Wildman–Crippen LogP) is 0.861. The summed E-state index contributed by atoms with van der Waals surface area (Å²) in [4.78, 5) is 8.50. The summed E-state index contributed by atoms with van der Waals surface area (Å²) in [6, 6.07) is 1.91. The maximum Gasteiger partial charge on any atom is 0.251 e. The number of aryl methyl sites for hydroxylation is 2. The molecule has 2 aromatic rings. The van der Waals surface area contributed by atoms with E-state index in [-0.39, 0.29) is 0 Å². The Morgan fingerprint density at radius 1 is 1.21 bits per heavy atom. The predicted molar refractivity (Wildman–Crippen MR) is 53.0 cm³/mol. The van der Waals surface area contributed by atoms with Crippen molar-refractivity contribution in [2.45, 2.75) is 13.8 Å². The fourth-order valence-electron chi connectivity index (χ4n) is 1.26. The molecule has 2 heterocycles. The molecule has 2 N–H and O–H groups in total. The highest BCUT2D eigenvalue weighted by atomic mass is 15.3. The van der Waals surface area contributed by atoms with Crippen LogP contribution in [-0.4, -0.2) is 19.7 Å². The fraction of sp³-hybridized carbons (Fsp3) is 0.222. The minimum Gasteiger partial charge on any atom is -0.396 e. The van der Waals surface area contributed by atoms with Crippen LogP contribution < -0.4 is 5.73 Å². The van der Waals surface area contributed by atoms with E-state index in [1.165, 1.54) is 0 Å². The molecule has 0 saturated heterocycles. The normalized spacial score (nSPS) is 10.4. The molecule has 0 radical (unpaired) electrons. The lowest BCUT2D eigenvalue weighted by molar-refractivity contribution is 0.794. The molecule has 5 heteroatoms. The van der Waals surface area contributed by atoms with Crippen LogP contribution in [0.5, 0.6) is 0 Å². The number of hydrogen-bond acceptors (Lipinski definition) is 4. The van der Waals surface area contributed by atoms with Gasteiger partial charge in [0.1, 0.15) is 0 Å². The molecule has 72 valence electrons. The van der Waals surface area contributed by atoms with Gasteiger partial charge in [-0.25, -0.2) is 14.6 Å². The SMILES string of the molecule is Cc1cc(C)nc(-n2cc(N)cn2)n1. The smallest absolute Gasteiger partial charge is 0.251 e. The molecular weight excluding hydrogens is 178 g/mol. The molecule has 14 heavy (non-hydrogen) atoms. The van der Waals surface area contributed by atoms with Crippen LogP contribution in [0.3, 0.4) is 0 Å². The van der Waals surface area contributed by atoms with Gasteiger partial charge in [0.2, 0.25) is 0 Å². The molecule has 0 saturated carbocycles. The maximum absolute atomic E-state index is 5.55. The number of anilines is 1. The van der Waals surface area contributed by atoms with E-state index in [2.05, 4.69) is 15.1 Å². The summed E-state index contributed by atoms with van der Waals surface area (Å²) in [7, 11) is 0. The van der Waals surface area contributed by atoms with Crippen molar-refractivity contribution < 1.29 is 0 Å². The van der Waals surface area contributed by atoms with Gasteiger partial charge >= 0.3 is 0 Å². The second-order valence-electron chi connectivity index (χ2n) is 3.17. The first-order chi connectivity index (χ1) is 6.65. The van der Waals surface area contributed by atoms with E-state index < -0.39 is 0 Å². The van der Waals surface area contributed by atoms with E-state index in [0.717, 1.165) is 11.4 Å². The van der Waals surface area contributed by atoms with Gasteiger partial charge in [0.15, 0.2) is 0 Å². The Balaban J connectivity index is 2.51. The first-order valence-corrected chi connectivity index (χ1v) is 4.28. The van der Waals surface area contributed by atoms with Crippen molar-refractivity contribution in [3.8, 4) is 5.95 Å². The van der Waals surface area contributed by atoms with E-state index in [4.69, 9.17) is 5.73 Å². The molecule has 0 bridgehead atoms. The summed E-state index contributed by atoms with van der Waals surface area (Å²) in [6.45, 7) is 3.84. The largest absolute Gasteiger partial charge is 0.396 e. The summed E-state index contributed by atoms with van der Waals surface area (Å²) in [6.07, 6.45) is 3.26. The first-order valence-electron chi connectivity index (χ1n) is 4.28. The molecule has 0 fully saturated rings. The van der Waals surface area contributed by atoms with Gasteiger partial charge in [-0.05, 0) is 19.9 Å². The number of aromatic nitrogens is 4. The first kappa shape index (κ1) is 8.68. The highest BCUT2D eigenvalue weighted by Gasteiger charge is 2.02. The molecule has 5 nitrogen and oxygen atoms in total. The van der Waals surface area contributed by atoms with Crippen molar-refractivity contribution >= 4 is 5.69 Å². The number of nitrogens with zero attached hydrogens (tertiary/aromatic N) is 4. The highest BCUT2D eigenvalue weighted by molar-refractivity contribution is 5.33. The van der Waals surface area contributed by atoms with E-state index >= 15 is 0 Å². The van der Waals surface area contributed by atoms with Gasteiger partial charge in [0.05, 0.1) is 18.1 Å². The van der Waals surface area contributed by atoms with Gasteiger partial charge in [0.25, 0.3) is 5.95 Å². The second kappa shape index (κ2) is 3.10. The summed E-state index contributed by atoms with van der Waals surface area (Å²) < 4.78 is 1.56. The Hall–Kier alpha value is -1.91. The van der Waals surface area contributed by atoms with Gasteiger partial charge in [-0.1, -0.05) is 0 Å². The van der Waals surface area contributed by atoms with E-state index in [1.807, 2.05) is 19.9 Å². The van der Waals surface area contributed by atoms with Crippen LogP contribution in [0.4, 0.5) is 5.69 Å². The molecule has 2 rings (SSSR count). The average molecular weight is 189 g/mol. The van der Waals surface area contributed by atoms with E-state index in [9.17, 15) is 0 Å². The lowest BCUT2D eigenvalue weighted by Crippen LogP contribution is -2.03. The van der Waals surface area contributed by atoms with Crippen molar-refractivity contribution in [1.29, 1.82) is 0 Å². The molecule has 0 amide bonds. The molecule has 2 aromatic heterocycles. The van der Waals surface area contributed by atoms with Crippen molar-refractivity contribution in [3.05, 3.63) is 29.8 Å². The standard InChI is InChI=1S/C9H11N5/c1-6-3-7(2)13-9(12-6)14-5-8(10)4-11-14/h3-5H,10H2,1-2H3. The van der Waals surface area contributed by atoms with Gasteiger partial charge in [-0.3, -0.25) is 0 Å². The average Bonchev–Trinajstić information content (AvgIpc) is 2.50. The molecule has 0 atom stereocenters. The fourth-order valence-corrected chi connectivity index (χ4v) is 1.26. The zero-order valence-corrected chi connectivity index (χ0v) is 8.10. The third-order valence-electron chi connectivity index (χ3n) is 1.78. The van der Waals surface area contributed by atoms with Crippen LogP contribution in [0.2, 0.25) is 0 Å². The van der Waals surface area contributed by atoms with Crippen LogP contribution in [0.15, 0.2) is 18.5 Å². The van der Waals surface area contributed by atoms with E-state index in [1.54, 1.807) is 17.1 Å². The molecular formula is C9H11N5. The molecule has 0 aliphatic heterocycles. The Labute approximate surface area is 81.6 Å². The zero-order chi connectivity index (χ0) is 10.1. The lowest BCUT2D eigenvalue weighted by atomic mass is 10.4. The monoisotopic (exact) mass is 189 g/mol. The van der Waals surface area contributed by atoms with E-state index in [0.29, 0.717) is 11.6 Å². The van der Waals surface area contributed by atoms with Gasteiger partial charge in [-0.2, -0.15) is 5.10 Å². The quantitative estimate of drug-likeness (QED) is 0.722.